The fourth-order valence-electron chi connectivity index (χ4n) is 2.98. The van der Waals surface area contributed by atoms with E-state index in [1.165, 1.54) is 59.4 Å². The Labute approximate surface area is 197 Å². The molecule has 170 valence electrons. The second kappa shape index (κ2) is 16.1. The minimum absolute atomic E-state index is 0.00785. The molecule has 0 bridgehead atoms. The normalized spacial score (nSPS) is 12.2. The van der Waals surface area contributed by atoms with E-state index in [0.717, 1.165) is 25.7 Å². The summed E-state index contributed by atoms with van der Waals surface area (Å²) < 4.78 is 49.7. The number of rotatable bonds is 10. The van der Waals surface area contributed by atoms with Gasteiger partial charge in [0, 0.05) is 11.1 Å². The minimum atomic E-state index is -0.810. The molecule has 0 N–H and O–H groups in total. The van der Waals surface area contributed by atoms with E-state index < -0.39 is 15.5 Å². The van der Waals surface area contributed by atoms with Crippen LogP contribution in [-0.4, -0.2) is 0 Å². The monoisotopic (exact) mass is 546 g/mol. The van der Waals surface area contributed by atoms with Crippen molar-refractivity contribution in [2.24, 2.45) is 0 Å². The van der Waals surface area contributed by atoms with E-state index >= 15 is 0 Å². The first-order valence-electron chi connectivity index (χ1n) is 10.8. The lowest BCUT2D eigenvalue weighted by molar-refractivity contribution is 0.663. The highest BCUT2D eigenvalue weighted by molar-refractivity contribution is 14.1. The number of aryl methyl sites for hydroxylation is 2. The molecule has 0 aromatic heterocycles. The maximum atomic E-state index is 13.2. The van der Waals surface area contributed by atoms with Gasteiger partial charge in [0.15, 0.2) is 15.5 Å². The highest BCUT2D eigenvalue weighted by Gasteiger charge is 2.05. The van der Waals surface area contributed by atoms with E-state index in [1.807, 2.05) is 24.3 Å². The summed E-state index contributed by atoms with van der Waals surface area (Å²) in [5.41, 5.74) is 2.97. The molecule has 5 heteroatoms. The summed E-state index contributed by atoms with van der Waals surface area (Å²) in [6.45, 7) is 4.32. The summed E-state index contributed by atoms with van der Waals surface area (Å²) in [4.78, 5) is 0. The van der Waals surface area contributed by atoms with Crippen LogP contribution in [0.2, 0.25) is 0 Å². The smallest absolute Gasteiger partial charge is 0.196 e. The van der Waals surface area contributed by atoms with E-state index in [2.05, 4.69) is 13.8 Å². The van der Waals surface area contributed by atoms with Gasteiger partial charge in [-0.2, -0.15) is 4.39 Å². The van der Waals surface area contributed by atoms with Crippen molar-refractivity contribution in [3.05, 3.63) is 80.9 Å². The summed E-state index contributed by atoms with van der Waals surface area (Å²) >= 11 is 1.35. The van der Waals surface area contributed by atoms with Gasteiger partial charge < -0.3 is 0 Å². The van der Waals surface area contributed by atoms with E-state index in [9.17, 15) is 17.6 Å². The Morgan fingerprint density at radius 2 is 1.13 bits per heavy atom. The van der Waals surface area contributed by atoms with Crippen LogP contribution >= 0.6 is 22.6 Å². The van der Waals surface area contributed by atoms with Gasteiger partial charge >= 0.3 is 0 Å². The van der Waals surface area contributed by atoms with Gasteiger partial charge in [-0.15, -0.1) is 0 Å². The van der Waals surface area contributed by atoms with Crippen LogP contribution in [-0.2, 0) is 12.8 Å². The van der Waals surface area contributed by atoms with Crippen molar-refractivity contribution in [1.82, 2.24) is 0 Å². The van der Waals surface area contributed by atoms with Gasteiger partial charge in [-0.05, 0) is 59.4 Å². The van der Waals surface area contributed by atoms with Crippen molar-refractivity contribution in [1.29, 1.82) is 0 Å². The van der Waals surface area contributed by atoms with Crippen LogP contribution in [0.5, 0.6) is 0 Å². The fraction of sp³-hybridized carbons (Fsp3) is 0.385. The average molecular weight is 546 g/mol. The molecule has 0 saturated carbocycles. The minimum Gasteiger partial charge on any atom is -0.212 e. The molecule has 0 amide bonds. The Bertz CT molecular complexity index is 804. The van der Waals surface area contributed by atoms with Crippen molar-refractivity contribution in [3.8, 4) is 0 Å². The van der Waals surface area contributed by atoms with Crippen LogP contribution in [0, 0.1) is 0 Å². The highest BCUT2D eigenvalue weighted by atomic mass is 127. The first-order valence-corrected chi connectivity index (χ1v) is 11.9. The SMILES string of the molecule is CCCCCc1ccc(/C(F)=C(\F)I)cc1.CCCCCc1ccc(/C(F)=C\F)cc1. The molecular formula is C26H31F4I. The van der Waals surface area contributed by atoms with Crippen LogP contribution in [0.3, 0.4) is 0 Å². The van der Waals surface area contributed by atoms with Gasteiger partial charge in [-0.1, -0.05) is 88.1 Å². The van der Waals surface area contributed by atoms with Crippen molar-refractivity contribution in [2.45, 2.75) is 65.2 Å². The number of hydrogen-bond acceptors (Lipinski definition) is 0. The highest BCUT2D eigenvalue weighted by Crippen LogP contribution is 2.25. The van der Waals surface area contributed by atoms with Crippen LogP contribution in [0.1, 0.15) is 74.6 Å². The Balaban J connectivity index is 0.000000311. The number of hydrogen-bond donors (Lipinski definition) is 0. The van der Waals surface area contributed by atoms with E-state index in [4.69, 9.17) is 0 Å². The second-order valence-corrected chi connectivity index (χ2v) is 8.29. The molecule has 0 aliphatic carbocycles. The summed E-state index contributed by atoms with van der Waals surface area (Å²) in [6, 6.07) is 13.9. The average Bonchev–Trinajstić information content (AvgIpc) is 2.79. The molecule has 31 heavy (non-hydrogen) atoms. The van der Waals surface area contributed by atoms with Gasteiger partial charge in [-0.3, -0.25) is 0 Å². The van der Waals surface area contributed by atoms with Gasteiger partial charge in [0.25, 0.3) is 0 Å². The van der Waals surface area contributed by atoms with E-state index in [0.29, 0.717) is 11.1 Å². The third-order valence-electron chi connectivity index (χ3n) is 4.84. The van der Waals surface area contributed by atoms with E-state index in [1.54, 1.807) is 24.3 Å². The molecule has 0 aliphatic heterocycles. The third-order valence-corrected chi connectivity index (χ3v) is 5.31. The molecule has 0 aliphatic rings. The lowest BCUT2D eigenvalue weighted by Gasteiger charge is -2.02. The molecular weight excluding hydrogens is 515 g/mol. The molecule has 0 saturated heterocycles. The van der Waals surface area contributed by atoms with Gasteiger partial charge in [0.2, 0.25) is 0 Å². The summed E-state index contributed by atoms with van der Waals surface area (Å²) in [6.07, 6.45) is 9.10. The Morgan fingerprint density at radius 3 is 1.48 bits per heavy atom. The molecule has 2 aromatic carbocycles. The molecule has 2 rings (SSSR count). The van der Waals surface area contributed by atoms with Crippen molar-refractivity contribution in [3.63, 3.8) is 0 Å². The van der Waals surface area contributed by atoms with Gasteiger partial charge in [0.1, 0.15) is 6.33 Å². The topological polar surface area (TPSA) is 0 Å². The Kier molecular flexibility index (Phi) is 14.2. The summed E-state index contributed by atoms with van der Waals surface area (Å²) in [7, 11) is 0. The molecule has 0 heterocycles. The third kappa shape index (κ3) is 11.0. The molecule has 0 radical (unpaired) electrons. The molecule has 2 aromatic rings. The first kappa shape index (κ1) is 27.4. The standard InChI is InChI=1S/C13H15F2I.C13H16F2/c1-2-3-4-5-10-6-8-11(9-7-10)12(14)13(15)16;1-2-3-4-5-11-6-8-12(9-7-11)13(15)10-14/h6-9H,2-5H2,1H3;6-10H,2-5H2,1H3/b13-12-;13-10+. The van der Waals surface area contributed by atoms with Crippen LogP contribution in [0.25, 0.3) is 11.7 Å². The summed E-state index contributed by atoms with van der Waals surface area (Å²) in [5, 5.41) is 0. The fourth-order valence-corrected chi connectivity index (χ4v) is 3.29. The maximum absolute atomic E-state index is 13.2. The quantitative estimate of drug-likeness (QED) is 0.158. The Hall–Kier alpha value is -1.63. The molecule has 0 nitrogen and oxygen atoms in total. The summed E-state index contributed by atoms with van der Waals surface area (Å²) in [5.74, 6) is -1.59. The predicted octanol–water partition coefficient (Wildman–Crippen LogP) is 10.1. The lowest BCUT2D eigenvalue weighted by atomic mass is 10.1. The molecule has 0 unspecified atom stereocenters. The number of benzene rings is 2. The van der Waals surface area contributed by atoms with Gasteiger partial charge in [-0.25, -0.2) is 13.2 Å². The second-order valence-electron chi connectivity index (χ2n) is 7.34. The van der Waals surface area contributed by atoms with E-state index in [-0.39, 0.29) is 6.33 Å². The molecule has 0 spiro atoms. The van der Waals surface area contributed by atoms with Crippen LogP contribution in [0.4, 0.5) is 17.6 Å². The van der Waals surface area contributed by atoms with Crippen molar-refractivity contribution in [2.75, 3.05) is 0 Å². The number of unbranched alkanes of at least 4 members (excludes halogenated alkanes) is 4. The lowest BCUT2D eigenvalue weighted by Crippen LogP contribution is -1.86. The van der Waals surface area contributed by atoms with Crippen molar-refractivity contribution < 1.29 is 17.6 Å². The zero-order valence-corrected chi connectivity index (χ0v) is 20.4. The zero-order chi connectivity index (χ0) is 23.1. The Morgan fingerprint density at radius 1 is 0.710 bits per heavy atom. The van der Waals surface area contributed by atoms with Crippen molar-refractivity contribution >= 4 is 34.2 Å². The predicted molar refractivity (Wildman–Crippen MR) is 133 cm³/mol. The number of halogens is 5. The molecule has 0 atom stereocenters. The largest absolute Gasteiger partial charge is 0.212 e. The first-order chi connectivity index (χ1) is 14.9. The van der Waals surface area contributed by atoms with Crippen LogP contribution < -0.4 is 0 Å². The van der Waals surface area contributed by atoms with Crippen LogP contribution in [0.15, 0.2) is 58.7 Å². The molecule has 0 fully saturated rings. The zero-order valence-electron chi connectivity index (χ0n) is 18.2. The van der Waals surface area contributed by atoms with Gasteiger partial charge in [0.05, 0.1) is 0 Å². The maximum Gasteiger partial charge on any atom is 0.196 e.